The summed E-state index contributed by atoms with van der Waals surface area (Å²) in [5.74, 6) is 0.0634. The first kappa shape index (κ1) is 18.2. The number of benzene rings is 2. The number of hydrogen-bond acceptors (Lipinski definition) is 4. The van der Waals surface area contributed by atoms with Gasteiger partial charge in [0.15, 0.2) is 5.16 Å². The highest BCUT2D eigenvalue weighted by molar-refractivity contribution is 9.10. The number of nitrogens with one attached hydrogen (secondary N) is 1. The maximum atomic E-state index is 12.5. The van der Waals surface area contributed by atoms with Crippen LogP contribution >= 0.6 is 27.7 Å². The second-order valence-electron chi connectivity index (χ2n) is 5.37. The Hall–Kier alpha value is -2.56. The maximum absolute atomic E-state index is 12.5. The summed E-state index contributed by atoms with van der Waals surface area (Å²) in [6, 6.07) is 19.1. The molecule has 0 saturated carbocycles. The molecule has 0 fully saturated rings. The second kappa shape index (κ2) is 8.70. The van der Waals surface area contributed by atoms with Crippen molar-refractivity contribution in [2.24, 2.45) is 0 Å². The minimum Gasteiger partial charge on any atom is -0.333 e. The molecule has 0 aliphatic rings. The summed E-state index contributed by atoms with van der Waals surface area (Å²) in [5, 5.41) is 9.68. The Bertz CT molecular complexity index is 919. The zero-order valence-corrected chi connectivity index (χ0v) is 16.1. The van der Waals surface area contributed by atoms with Crippen LogP contribution in [0.4, 0.5) is 5.69 Å². The Labute approximate surface area is 164 Å². The average molecular weight is 427 g/mol. The van der Waals surface area contributed by atoms with Crippen LogP contribution in [-0.2, 0) is 4.79 Å². The molecule has 5 nitrogen and oxygen atoms in total. The fourth-order valence-electron chi connectivity index (χ4n) is 2.36. The summed E-state index contributed by atoms with van der Waals surface area (Å²) in [6.45, 7) is 0.0195. The van der Waals surface area contributed by atoms with Crippen molar-refractivity contribution < 1.29 is 4.79 Å². The van der Waals surface area contributed by atoms with Gasteiger partial charge in [-0.15, -0.1) is 0 Å². The number of para-hydroxylation sites is 1. The van der Waals surface area contributed by atoms with Crippen LogP contribution < -0.4 is 4.90 Å². The highest BCUT2D eigenvalue weighted by Gasteiger charge is 2.16. The fourth-order valence-corrected chi connectivity index (χ4v) is 3.35. The normalized spacial score (nSPS) is 10.3. The quantitative estimate of drug-likeness (QED) is 0.465. The van der Waals surface area contributed by atoms with Crippen molar-refractivity contribution in [3.05, 3.63) is 65.3 Å². The first-order valence-corrected chi connectivity index (χ1v) is 9.61. The van der Waals surface area contributed by atoms with E-state index in [9.17, 15) is 4.79 Å². The van der Waals surface area contributed by atoms with Crippen LogP contribution in [0.2, 0.25) is 0 Å². The van der Waals surface area contributed by atoms with Gasteiger partial charge in [-0.3, -0.25) is 9.69 Å². The summed E-state index contributed by atoms with van der Waals surface area (Å²) in [7, 11) is 0. The molecule has 0 aliphatic carbocycles. The lowest BCUT2D eigenvalue weighted by molar-refractivity contribution is -0.116. The highest BCUT2D eigenvalue weighted by atomic mass is 79.9. The van der Waals surface area contributed by atoms with Gasteiger partial charge in [-0.05, 0) is 29.8 Å². The summed E-state index contributed by atoms with van der Waals surface area (Å²) < 4.78 is 1.01. The molecule has 3 rings (SSSR count). The third-order valence-corrected chi connectivity index (χ3v) is 5.04. The van der Waals surface area contributed by atoms with Gasteiger partial charge in [0, 0.05) is 10.2 Å². The number of H-pyrrole nitrogens is 1. The van der Waals surface area contributed by atoms with E-state index in [1.165, 1.54) is 16.7 Å². The van der Waals surface area contributed by atoms with Crippen LogP contribution in [0.3, 0.4) is 0 Å². The van der Waals surface area contributed by atoms with E-state index in [0.29, 0.717) is 5.16 Å². The van der Waals surface area contributed by atoms with Gasteiger partial charge >= 0.3 is 0 Å². The molecule has 0 atom stereocenters. The van der Waals surface area contributed by atoms with Crippen molar-refractivity contribution in [3.63, 3.8) is 0 Å². The smallest absolute Gasteiger partial charge is 0.238 e. The van der Waals surface area contributed by atoms with Crippen LogP contribution in [0.25, 0.3) is 11.3 Å². The van der Waals surface area contributed by atoms with Gasteiger partial charge in [-0.2, -0.15) is 5.26 Å². The van der Waals surface area contributed by atoms with Gasteiger partial charge in [0.05, 0.1) is 23.7 Å². The molecule has 1 amide bonds. The van der Waals surface area contributed by atoms with Crippen molar-refractivity contribution in [3.8, 4) is 17.3 Å². The molecule has 0 saturated heterocycles. The van der Waals surface area contributed by atoms with Gasteiger partial charge in [0.2, 0.25) is 5.91 Å². The number of nitrogens with zero attached hydrogens (tertiary/aromatic N) is 3. The zero-order chi connectivity index (χ0) is 18.4. The van der Waals surface area contributed by atoms with E-state index in [-0.39, 0.29) is 18.2 Å². The summed E-state index contributed by atoms with van der Waals surface area (Å²) in [5.41, 5.74) is 2.63. The number of rotatable bonds is 6. The lowest BCUT2D eigenvalue weighted by atomic mass is 10.2. The molecule has 1 heterocycles. The third-order valence-electron chi connectivity index (χ3n) is 3.64. The molecule has 0 aliphatic heterocycles. The number of halogens is 1. The van der Waals surface area contributed by atoms with Crippen LogP contribution in [-0.4, -0.2) is 28.2 Å². The Kier molecular flexibility index (Phi) is 6.10. The first-order chi connectivity index (χ1) is 12.7. The molecule has 1 aromatic heterocycles. The summed E-state index contributed by atoms with van der Waals surface area (Å²) in [4.78, 5) is 21.5. The third kappa shape index (κ3) is 4.54. The van der Waals surface area contributed by atoms with Gasteiger partial charge in [-0.1, -0.05) is 58.0 Å². The predicted molar refractivity (Wildman–Crippen MR) is 107 cm³/mol. The molecule has 0 radical (unpaired) electrons. The van der Waals surface area contributed by atoms with Gasteiger partial charge in [0.1, 0.15) is 6.54 Å². The number of amides is 1. The highest BCUT2D eigenvalue weighted by Crippen LogP contribution is 2.24. The number of nitriles is 1. The molecule has 130 valence electrons. The first-order valence-electron chi connectivity index (χ1n) is 7.83. The number of thioether (sulfide) groups is 1. The standard InChI is InChI=1S/C19H15BrN4OS/c20-15-8-6-14(7-9-15)17-12-22-19(23-17)26-13-18(25)24(11-10-21)16-4-2-1-3-5-16/h1-9,12H,11,13H2,(H,22,23). The largest absolute Gasteiger partial charge is 0.333 e. The van der Waals surface area contributed by atoms with E-state index >= 15 is 0 Å². The lowest BCUT2D eigenvalue weighted by Crippen LogP contribution is -2.32. The van der Waals surface area contributed by atoms with E-state index < -0.39 is 0 Å². The van der Waals surface area contributed by atoms with Crippen LogP contribution in [0.15, 0.2) is 70.4 Å². The monoisotopic (exact) mass is 426 g/mol. The number of carbonyl (C=O) groups is 1. The van der Waals surface area contributed by atoms with E-state index in [4.69, 9.17) is 5.26 Å². The minimum absolute atomic E-state index is 0.0195. The van der Waals surface area contributed by atoms with Crippen LogP contribution in [0.5, 0.6) is 0 Å². The molecule has 0 spiro atoms. The molecule has 0 bridgehead atoms. The molecule has 1 N–H and O–H groups in total. The van der Waals surface area contributed by atoms with Crippen molar-refractivity contribution in [1.29, 1.82) is 5.26 Å². The van der Waals surface area contributed by atoms with E-state index in [2.05, 4.69) is 25.9 Å². The average Bonchev–Trinajstić information content (AvgIpc) is 3.14. The summed E-state index contributed by atoms with van der Waals surface area (Å²) in [6.07, 6.45) is 1.75. The van der Waals surface area contributed by atoms with Crippen LogP contribution in [0, 0.1) is 11.3 Å². The molecule has 0 unspecified atom stereocenters. The van der Waals surface area contributed by atoms with Crippen molar-refractivity contribution in [2.75, 3.05) is 17.2 Å². The van der Waals surface area contributed by atoms with E-state index in [0.717, 1.165) is 21.4 Å². The fraction of sp³-hybridized carbons (Fsp3) is 0.105. The molecule has 26 heavy (non-hydrogen) atoms. The van der Waals surface area contributed by atoms with E-state index in [1.54, 1.807) is 6.20 Å². The lowest BCUT2D eigenvalue weighted by Gasteiger charge is -2.19. The van der Waals surface area contributed by atoms with Gasteiger partial charge in [-0.25, -0.2) is 4.98 Å². The predicted octanol–water partition coefficient (Wildman–Crippen LogP) is 4.49. The Morgan fingerprint density at radius 2 is 1.92 bits per heavy atom. The Balaban J connectivity index is 1.65. The van der Waals surface area contributed by atoms with Gasteiger partial charge < -0.3 is 4.98 Å². The molecular weight excluding hydrogens is 412 g/mol. The Morgan fingerprint density at radius 1 is 1.19 bits per heavy atom. The van der Waals surface area contributed by atoms with Crippen LogP contribution in [0.1, 0.15) is 0 Å². The zero-order valence-electron chi connectivity index (χ0n) is 13.7. The molecular formula is C19H15BrN4OS. The molecule has 3 aromatic rings. The molecule has 2 aromatic carbocycles. The number of imidazole rings is 1. The molecule has 7 heteroatoms. The topological polar surface area (TPSA) is 72.8 Å². The number of aromatic amines is 1. The number of hydrogen-bond donors (Lipinski definition) is 1. The Morgan fingerprint density at radius 3 is 2.62 bits per heavy atom. The minimum atomic E-state index is -0.135. The second-order valence-corrected chi connectivity index (χ2v) is 7.25. The number of anilines is 1. The van der Waals surface area contributed by atoms with Gasteiger partial charge in [0.25, 0.3) is 0 Å². The van der Waals surface area contributed by atoms with Crippen molar-refractivity contribution in [2.45, 2.75) is 5.16 Å². The maximum Gasteiger partial charge on any atom is 0.238 e. The van der Waals surface area contributed by atoms with E-state index in [1.807, 2.05) is 60.7 Å². The number of aromatic nitrogens is 2. The SMILES string of the molecule is N#CCN(C(=O)CSc1ncc(-c2ccc(Br)cc2)[nH]1)c1ccccc1. The van der Waals surface area contributed by atoms with Crippen molar-refractivity contribution in [1.82, 2.24) is 9.97 Å². The number of carbonyl (C=O) groups excluding carboxylic acids is 1. The summed E-state index contributed by atoms with van der Waals surface area (Å²) >= 11 is 4.73. The van der Waals surface area contributed by atoms with Crippen molar-refractivity contribution >= 4 is 39.3 Å².